The van der Waals surface area contributed by atoms with E-state index < -0.39 is 0 Å². The molecule has 1 aromatic carbocycles. The van der Waals surface area contributed by atoms with Crippen molar-refractivity contribution in [3.63, 3.8) is 0 Å². The summed E-state index contributed by atoms with van der Waals surface area (Å²) in [7, 11) is 0. The number of benzene rings is 1. The molecule has 0 radical (unpaired) electrons. The van der Waals surface area contributed by atoms with Gasteiger partial charge in [-0.15, -0.1) is 12.4 Å². The maximum atomic E-state index is 13.3. The Hall–Kier alpha value is -1.39. The molecule has 0 saturated heterocycles. The van der Waals surface area contributed by atoms with Crippen LogP contribution >= 0.6 is 12.4 Å². The molecule has 1 aromatic rings. The van der Waals surface area contributed by atoms with Crippen molar-refractivity contribution in [3.8, 4) is 0 Å². The van der Waals surface area contributed by atoms with Crippen molar-refractivity contribution >= 4 is 29.8 Å². The average Bonchev–Trinajstić information content (AvgIpc) is 2.66. The van der Waals surface area contributed by atoms with E-state index in [2.05, 4.69) is 31.0 Å². The van der Waals surface area contributed by atoms with Gasteiger partial charge in [-0.1, -0.05) is 26.7 Å². The van der Waals surface area contributed by atoms with Gasteiger partial charge in [0, 0.05) is 30.1 Å². The van der Waals surface area contributed by atoms with Crippen LogP contribution in [0.4, 0.5) is 5.69 Å². The van der Waals surface area contributed by atoms with Crippen LogP contribution in [0.3, 0.4) is 0 Å². The van der Waals surface area contributed by atoms with Gasteiger partial charge in [-0.2, -0.15) is 0 Å². The number of anilines is 1. The first-order valence-electron chi connectivity index (χ1n) is 10.8. The smallest absolute Gasteiger partial charge is 0.224 e. The van der Waals surface area contributed by atoms with E-state index in [4.69, 9.17) is 0 Å². The average molecular weight is 407 g/mol. The van der Waals surface area contributed by atoms with Gasteiger partial charge in [0.15, 0.2) is 5.78 Å². The number of nitrogens with zero attached hydrogens (tertiary/aromatic N) is 1. The van der Waals surface area contributed by atoms with Crippen LogP contribution in [0, 0.1) is 12.8 Å². The lowest BCUT2D eigenvalue weighted by Gasteiger charge is -2.32. The number of nitrogens with one attached hydrogen (secondary N) is 1. The monoisotopic (exact) mass is 406 g/mol. The van der Waals surface area contributed by atoms with Crippen LogP contribution < -0.4 is 5.32 Å². The first-order valence-corrected chi connectivity index (χ1v) is 10.8. The molecule has 1 aliphatic heterocycles. The third-order valence-corrected chi connectivity index (χ3v) is 6.23. The van der Waals surface area contributed by atoms with Gasteiger partial charge in [-0.25, -0.2) is 0 Å². The predicted octanol–water partition coefficient (Wildman–Crippen LogP) is 4.95. The summed E-state index contributed by atoms with van der Waals surface area (Å²) in [6.45, 7) is 9.62. The van der Waals surface area contributed by atoms with Crippen molar-refractivity contribution < 1.29 is 9.59 Å². The van der Waals surface area contributed by atoms with Gasteiger partial charge in [0.05, 0.1) is 0 Å². The van der Waals surface area contributed by atoms with Gasteiger partial charge in [0.2, 0.25) is 5.91 Å². The lowest BCUT2D eigenvalue weighted by Crippen LogP contribution is -2.37. The fourth-order valence-corrected chi connectivity index (χ4v) is 4.54. The fourth-order valence-electron chi connectivity index (χ4n) is 4.54. The summed E-state index contributed by atoms with van der Waals surface area (Å²) in [6.07, 6.45) is 8.04. The highest BCUT2D eigenvalue weighted by atomic mass is 35.5. The Morgan fingerprint density at radius 2 is 1.71 bits per heavy atom. The molecule has 28 heavy (non-hydrogen) atoms. The van der Waals surface area contributed by atoms with Gasteiger partial charge < -0.3 is 10.2 Å². The number of unbranched alkanes of at least 4 members (excludes halogenated alkanes) is 2. The number of hydrogen-bond acceptors (Lipinski definition) is 3. The van der Waals surface area contributed by atoms with Crippen molar-refractivity contribution in [2.45, 2.75) is 72.1 Å². The minimum absolute atomic E-state index is 0. The minimum Gasteiger partial charge on any atom is -0.326 e. The van der Waals surface area contributed by atoms with Gasteiger partial charge in [-0.05, 0) is 74.9 Å². The highest BCUT2D eigenvalue weighted by Gasteiger charge is 2.32. The van der Waals surface area contributed by atoms with E-state index in [1.807, 2.05) is 6.07 Å². The number of Topliss-reactive ketones (excluding diaryl/α,β-unsaturated/α-hetero) is 1. The zero-order valence-corrected chi connectivity index (χ0v) is 18.4. The Labute approximate surface area is 175 Å². The van der Waals surface area contributed by atoms with Gasteiger partial charge in [-0.3, -0.25) is 9.59 Å². The van der Waals surface area contributed by atoms with Crippen LogP contribution in [-0.2, 0) is 17.6 Å². The molecule has 0 fully saturated rings. The number of rotatable bonds is 8. The molecule has 1 heterocycles. The summed E-state index contributed by atoms with van der Waals surface area (Å²) >= 11 is 0. The summed E-state index contributed by atoms with van der Waals surface area (Å²) in [6, 6.07) is 1.96. The van der Waals surface area contributed by atoms with Crippen LogP contribution in [0.2, 0.25) is 0 Å². The van der Waals surface area contributed by atoms with Crippen LogP contribution in [0.1, 0.15) is 79.4 Å². The second kappa shape index (κ2) is 10.4. The Morgan fingerprint density at radius 1 is 1.04 bits per heavy atom. The first kappa shape index (κ1) is 22.9. The quantitative estimate of drug-likeness (QED) is 0.664. The summed E-state index contributed by atoms with van der Waals surface area (Å²) in [5.41, 5.74) is 5.40. The third-order valence-electron chi connectivity index (χ3n) is 6.23. The lowest BCUT2D eigenvalue weighted by molar-refractivity contribution is -0.116. The highest BCUT2D eigenvalue weighted by Crippen LogP contribution is 2.36. The van der Waals surface area contributed by atoms with E-state index in [-0.39, 0.29) is 30.0 Å². The topological polar surface area (TPSA) is 49.4 Å². The van der Waals surface area contributed by atoms with E-state index in [9.17, 15) is 9.59 Å². The van der Waals surface area contributed by atoms with Gasteiger partial charge in [0.1, 0.15) is 0 Å². The first-order chi connectivity index (χ1) is 13.0. The highest BCUT2D eigenvalue weighted by molar-refractivity contribution is 6.03. The Bertz CT molecular complexity index is 709. The summed E-state index contributed by atoms with van der Waals surface area (Å²) in [4.78, 5) is 27.6. The largest absolute Gasteiger partial charge is 0.326 e. The molecular formula is C23H35ClN2O2. The second-order valence-corrected chi connectivity index (χ2v) is 8.21. The molecule has 1 N–H and O–H groups in total. The normalized spacial score (nSPS) is 18.4. The Balaban J connectivity index is 0.00000280. The van der Waals surface area contributed by atoms with Crippen LogP contribution in [0.5, 0.6) is 0 Å². The van der Waals surface area contributed by atoms with Gasteiger partial charge >= 0.3 is 0 Å². The molecule has 0 spiro atoms. The van der Waals surface area contributed by atoms with Crippen LogP contribution in [0.25, 0.3) is 0 Å². The molecule has 1 aliphatic carbocycles. The van der Waals surface area contributed by atoms with Crippen molar-refractivity contribution in [1.29, 1.82) is 0 Å². The van der Waals surface area contributed by atoms with Crippen molar-refractivity contribution in [2.75, 3.05) is 25.0 Å². The number of hydrogen-bond donors (Lipinski definition) is 1. The second-order valence-electron chi connectivity index (χ2n) is 8.21. The van der Waals surface area contributed by atoms with E-state index in [0.29, 0.717) is 6.42 Å². The van der Waals surface area contributed by atoms with E-state index in [1.54, 1.807) is 0 Å². The molecule has 1 atom stereocenters. The number of carbonyl (C=O) groups is 2. The third kappa shape index (κ3) is 4.96. The molecule has 0 aromatic heterocycles. The lowest BCUT2D eigenvalue weighted by atomic mass is 9.78. The number of halogens is 1. The number of fused-ring (bicyclic) bond motifs is 2. The van der Waals surface area contributed by atoms with Crippen LogP contribution in [0.15, 0.2) is 6.07 Å². The summed E-state index contributed by atoms with van der Waals surface area (Å²) < 4.78 is 0. The maximum Gasteiger partial charge on any atom is 0.224 e. The molecule has 156 valence electrons. The molecule has 3 rings (SSSR count). The predicted molar refractivity (Wildman–Crippen MR) is 118 cm³/mol. The number of amides is 1. The molecule has 5 heteroatoms. The molecule has 4 nitrogen and oxygen atoms in total. The standard InChI is InChI=1S/C23H34N2O2.ClH/c1-4-6-12-25(13-7-5-2)15-17-8-9-18-16(3)19-10-11-22(26)24-21(19)14-20(18)23(17)27;/h14,17H,4-13,15H2,1-3H3,(H,24,26);1H. The zero-order chi connectivity index (χ0) is 19.4. The summed E-state index contributed by atoms with van der Waals surface area (Å²) in [5.74, 6) is 0.426. The van der Waals surface area contributed by atoms with Gasteiger partial charge in [0.25, 0.3) is 0 Å². The fraction of sp³-hybridized carbons (Fsp3) is 0.652. The Morgan fingerprint density at radius 3 is 2.36 bits per heavy atom. The summed E-state index contributed by atoms with van der Waals surface area (Å²) in [5, 5.41) is 2.98. The SMILES string of the molecule is CCCCN(CCCC)CC1CCc2c(cc3c(c2C)CCC(=O)N3)C1=O.Cl. The van der Waals surface area contributed by atoms with Crippen molar-refractivity contribution in [2.24, 2.45) is 5.92 Å². The molecule has 1 amide bonds. The molecule has 1 unspecified atom stereocenters. The molecule has 0 saturated carbocycles. The van der Waals surface area contributed by atoms with Crippen LogP contribution in [-0.4, -0.2) is 36.2 Å². The van der Waals surface area contributed by atoms with Crippen molar-refractivity contribution in [1.82, 2.24) is 4.90 Å². The number of carbonyl (C=O) groups excluding carboxylic acids is 2. The maximum absolute atomic E-state index is 13.3. The van der Waals surface area contributed by atoms with Crippen molar-refractivity contribution in [3.05, 3.63) is 28.3 Å². The minimum atomic E-state index is 0. The van der Waals surface area contributed by atoms with E-state index in [1.165, 1.54) is 42.4 Å². The molecule has 2 aliphatic rings. The molecular weight excluding hydrogens is 372 g/mol. The number of ketones is 1. The van der Waals surface area contributed by atoms with E-state index >= 15 is 0 Å². The van der Waals surface area contributed by atoms with E-state index in [0.717, 1.165) is 50.1 Å². The Kier molecular flexibility index (Phi) is 8.51. The zero-order valence-electron chi connectivity index (χ0n) is 17.6. The molecule has 0 bridgehead atoms.